The molecule has 0 bridgehead atoms. The Balaban J connectivity index is 4.53. The van der Waals surface area contributed by atoms with E-state index >= 15 is 0 Å². The molecule has 0 amide bonds. The molecule has 118 valence electrons. The second-order valence-corrected chi connectivity index (χ2v) is 8.07. The lowest BCUT2D eigenvalue weighted by Crippen LogP contribution is -2.49. The van der Waals surface area contributed by atoms with Gasteiger partial charge in [-0.3, -0.25) is 9.59 Å². The van der Waals surface area contributed by atoms with Crippen molar-refractivity contribution in [2.75, 3.05) is 0 Å². The summed E-state index contributed by atoms with van der Waals surface area (Å²) in [6.07, 6.45) is 2.05. The molecule has 0 saturated heterocycles. The van der Waals surface area contributed by atoms with Crippen molar-refractivity contribution in [3.8, 4) is 0 Å². The van der Waals surface area contributed by atoms with Crippen LogP contribution in [0.3, 0.4) is 0 Å². The van der Waals surface area contributed by atoms with Crippen molar-refractivity contribution >= 4 is 11.6 Å². The van der Waals surface area contributed by atoms with E-state index in [1.165, 1.54) is 0 Å². The number of nitrogens with one attached hydrogen (secondary N) is 1. The molecule has 1 atom stereocenters. The van der Waals surface area contributed by atoms with Gasteiger partial charge in [0.1, 0.15) is 5.78 Å². The molecule has 0 heterocycles. The lowest BCUT2D eigenvalue weighted by atomic mass is 9.86. The third-order valence-corrected chi connectivity index (χ3v) is 3.25. The normalized spacial score (nSPS) is 14.4. The minimum atomic E-state index is -0.283. The van der Waals surface area contributed by atoms with Gasteiger partial charge in [0.2, 0.25) is 0 Å². The fourth-order valence-corrected chi connectivity index (χ4v) is 2.05. The number of hydrogen-bond acceptors (Lipinski definition) is 3. The van der Waals surface area contributed by atoms with Gasteiger partial charge in [0, 0.05) is 23.3 Å². The van der Waals surface area contributed by atoms with Gasteiger partial charge in [-0.15, -0.1) is 0 Å². The predicted octanol–water partition coefficient (Wildman–Crippen LogP) is 3.75. The van der Waals surface area contributed by atoms with Crippen LogP contribution in [0.25, 0.3) is 0 Å². The third-order valence-electron chi connectivity index (χ3n) is 3.25. The molecule has 0 radical (unpaired) electrons. The first kappa shape index (κ1) is 19.3. The van der Waals surface area contributed by atoms with Crippen LogP contribution in [0.5, 0.6) is 0 Å². The molecule has 0 aliphatic rings. The average Bonchev–Trinajstić information content (AvgIpc) is 2.23. The summed E-state index contributed by atoms with van der Waals surface area (Å²) in [7, 11) is 0. The molecule has 3 heteroatoms. The topological polar surface area (TPSA) is 46.2 Å². The molecule has 0 aromatic carbocycles. The molecule has 3 nitrogen and oxygen atoms in total. The summed E-state index contributed by atoms with van der Waals surface area (Å²) in [6, 6.07) is -0.150. The zero-order chi connectivity index (χ0) is 16.1. The molecular formula is C17H33NO2. The highest BCUT2D eigenvalue weighted by Crippen LogP contribution is 2.19. The monoisotopic (exact) mass is 283 g/mol. The maximum atomic E-state index is 12.2. The van der Waals surface area contributed by atoms with E-state index in [0.29, 0.717) is 6.42 Å². The number of ketones is 2. The van der Waals surface area contributed by atoms with E-state index in [1.54, 1.807) is 0 Å². The van der Waals surface area contributed by atoms with E-state index < -0.39 is 0 Å². The lowest BCUT2D eigenvalue weighted by molar-refractivity contribution is -0.127. The Hall–Kier alpha value is -0.700. The summed E-state index contributed by atoms with van der Waals surface area (Å²) in [5.74, 6) is 0.528. The molecule has 0 unspecified atom stereocenters. The Morgan fingerprint density at radius 1 is 1.00 bits per heavy atom. The molecular weight excluding hydrogens is 250 g/mol. The Labute approximate surface area is 124 Å². The van der Waals surface area contributed by atoms with E-state index in [-0.39, 0.29) is 34.5 Å². The van der Waals surface area contributed by atoms with Crippen LogP contribution in [-0.2, 0) is 9.59 Å². The number of carbonyl (C=O) groups is 2. The van der Waals surface area contributed by atoms with E-state index in [4.69, 9.17) is 0 Å². The van der Waals surface area contributed by atoms with Crippen molar-refractivity contribution in [2.45, 2.75) is 86.2 Å². The first-order valence-corrected chi connectivity index (χ1v) is 7.69. The fraction of sp³-hybridized carbons (Fsp3) is 0.882. The Kier molecular flexibility index (Phi) is 7.09. The van der Waals surface area contributed by atoms with Crippen LogP contribution in [0.1, 0.15) is 74.7 Å². The van der Waals surface area contributed by atoms with Gasteiger partial charge in [-0.2, -0.15) is 0 Å². The van der Waals surface area contributed by atoms with Crippen LogP contribution in [0.2, 0.25) is 0 Å². The highest BCUT2D eigenvalue weighted by molar-refractivity contribution is 5.86. The molecule has 20 heavy (non-hydrogen) atoms. The minimum absolute atomic E-state index is 0.0215. The van der Waals surface area contributed by atoms with E-state index in [1.807, 2.05) is 34.6 Å². The first-order valence-electron chi connectivity index (χ1n) is 7.69. The second-order valence-electron chi connectivity index (χ2n) is 8.07. The van der Waals surface area contributed by atoms with Gasteiger partial charge >= 0.3 is 0 Å². The van der Waals surface area contributed by atoms with Crippen LogP contribution in [0.4, 0.5) is 0 Å². The number of Topliss-reactive ketones (excluding diaryl/α,β-unsaturated/α-hetero) is 2. The van der Waals surface area contributed by atoms with Gasteiger partial charge < -0.3 is 5.32 Å². The van der Waals surface area contributed by atoms with Crippen molar-refractivity contribution in [1.82, 2.24) is 5.32 Å². The second kappa shape index (κ2) is 7.35. The van der Waals surface area contributed by atoms with E-state index in [2.05, 4.69) is 26.1 Å². The zero-order valence-corrected chi connectivity index (χ0v) is 14.6. The summed E-state index contributed by atoms with van der Waals surface area (Å²) in [5, 5.41) is 3.39. The van der Waals surface area contributed by atoms with Crippen molar-refractivity contribution in [3.63, 3.8) is 0 Å². The van der Waals surface area contributed by atoms with Crippen LogP contribution >= 0.6 is 0 Å². The molecule has 0 rings (SSSR count). The Bertz CT molecular complexity index is 332. The summed E-state index contributed by atoms with van der Waals surface area (Å²) in [5.41, 5.74) is -0.377. The summed E-state index contributed by atoms with van der Waals surface area (Å²) >= 11 is 0. The van der Waals surface area contributed by atoms with Gasteiger partial charge in [-0.25, -0.2) is 0 Å². The maximum Gasteiger partial charge on any atom is 0.152 e. The zero-order valence-electron chi connectivity index (χ0n) is 14.6. The van der Waals surface area contributed by atoms with E-state index in [0.717, 1.165) is 12.8 Å². The molecule has 0 aliphatic heterocycles. The summed E-state index contributed by atoms with van der Waals surface area (Å²) in [6.45, 7) is 15.9. The molecule has 0 fully saturated rings. The lowest BCUT2D eigenvalue weighted by Gasteiger charge is -2.29. The minimum Gasteiger partial charge on any atom is -0.303 e. The summed E-state index contributed by atoms with van der Waals surface area (Å²) in [4.78, 5) is 24.2. The van der Waals surface area contributed by atoms with Crippen LogP contribution < -0.4 is 5.32 Å². The standard InChI is InChI=1S/C17H33NO2/c1-12(2)15(20)13(18-17(6,7)8)10-9-11-14(19)16(3,4)5/h12-13,18H,9-11H2,1-8H3/t13-/m1/s1. The van der Waals surface area contributed by atoms with Gasteiger partial charge in [0.05, 0.1) is 6.04 Å². The number of rotatable bonds is 7. The highest BCUT2D eigenvalue weighted by Gasteiger charge is 2.26. The van der Waals surface area contributed by atoms with Crippen molar-refractivity contribution in [3.05, 3.63) is 0 Å². The van der Waals surface area contributed by atoms with Crippen molar-refractivity contribution < 1.29 is 9.59 Å². The molecule has 0 saturated carbocycles. The largest absolute Gasteiger partial charge is 0.303 e. The third kappa shape index (κ3) is 7.78. The fourth-order valence-electron chi connectivity index (χ4n) is 2.05. The van der Waals surface area contributed by atoms with E-state index in [9.17, 15) is 9.59 Å². The maximum absolute atomic E-state index is 12.2. The van der Waals surface area contributed by atoms with Crippen LogP contribution in [-0.4, -0.2) is 23.1 Å². The van der Waals surface area contributed by atoms with Gasteiger partial charge in [-0.1, -0.05) is 34.6 Å². The highest BCUT2D eigenvalue weighted by atomic mass is 16.1. The average molecular weight is 283 g/mol. The predicted molar refractivity (Wildman–Crippen MR) is 84.8 cm³/mol. The van der Waals surface area contributed by atoms with Crippen LogP contribution in [0.15, 0.2) is 0 Å². The molecule has 0 aromatic heterocycles. The quantitative estimate of drug-likeness (QED) is 0.774. The van der Waals surface area contributed by atoms with Crippen molar-refractivity contribution in [1.29, 1.82) is 0 Å². The molecule has 0 aliphatic carbocycles. The SMILES string of the molecule is CC(C)C(=O)[C@@H](CCCC(=O)C(C)(C)C)NC(C)(C)C. The van der Waals surface area contributed by atoms with Gasteiger partial charge in [0.25, 0.3) is 0 Å². The van der Waals surface area contributed by atoms with Gasteiger partial charge in [0.15, 0.2) is 5.78 Å². The smallest absolute Gasteiger partial charge is 0.152 e. The Morgan fingerprint density at radius 2 is 1.50 bits per heavy atom. The molecule has 1 N–H and O–H groups in total. The molecule has 0 spiro atoms. The number of carbonyl (C=O) groups excluding carboxylic acids is 2. The van der Waals surface area contributed by atoms with Crippen molar-refractivity contribution in [2.24, 2.45) is 11.3 Å². The first-order chi connectivity index (χ1) is 8.84. The summed E-state index contributed by atoms with van der Waals surface area (Å²) < 4.78 is 0. The van der Waals surface area contributed by atoms with Crippen LogP contribution in [0, 0.1) is 11.3 Å². The number of hydrogen-bond donors (Lipinski definition) is 1. The Morgan fingerprint density at radius 3 is 1.85 bits per heavy atom. The molecule has 0 aromatic rings. The van der Waals surface area contributed by atoms with Gasteiger partial charge in [-0.05, 0) is 33.6 Å².